The highest BCUT2D eigenvalue weighted by molar-refractivity contribution is 7.85. The molecule has 16 heavy (non-hydrogen) atoms. The number of nitrogens with one attached hydrogen (secondary N) is 1. The Kier molecular flexibility index (Phi) is 2.71. The van der Waals surface area contributed by atoms with Crippen LogP contribution >= 0.6 is 0 Å². The molecule has 1 aromatic heterocycles. The fourth-order valence-electron chi connectivity index (χ4n) is 2.19. The number of nitrogens with zero attached hydrogens (tertiary/aromatic N) is 2. The number of hydrogen-bond acceptors (Lipinski definition) is 3. The standard InChI is InChI=1S/C11H17N3OS/c15-16-7-3-10(4-8-16)14-6-5-12-11(14)13-9-1-2-9/h5-6,9-10H,1-4,7-8H2,(H,12,13). The maximum absolute atomic E-state index is 11.3. The van der Waals surface area contributed by atoms with Crippen molar-refractivity contribution in [2.45, 2.75) is 37.8 Å². The normalized spacial score (nSPS) is 30.2. The number of rotatable bonds is 3. The molecule has 0 radical (unpaired) electrons. The first-order valence-electron chi connectivity index (χ1n) is 5.97. The van der Waals surface area contributed by atoms with Crippen molar-refractivity contribution in [2.75, 3.05) is 16.8 Å². The molecule has 2 heterocycles. The summed E-state index contributed by atoms with van der Waals surface area (Å²) in [6.45, 7) is 0. The van der Waals surface area contributed by atoms with E-state index in [0.29, 0.717) is 12.1 Å². The van der Waals surface area contributed by atoms with Crippen LogP contribution < -0.4 is 5.32 Å². The van der Waals surface area contributed by atoms with E-state index in [1.807, 2.05) is 12.4 Å². The molecule has 0 atom stereocenters. The summed E-state index contributed by atoms with van der Waals surface area (Å²) in [4.78, 5) is 4.37. The van der Waals surface area contributed by atoms with Gasteiger partial charge in [0, 0.05) is 46.8 Å². The van der Waals surface area contributed by atoms with Crippen molar-refractivity contribution in [1.29, 1.82) is 0 Å². The summed E-state index contributed by atoms with van der Waals surface area (Å²) in [6.07, 6.45) is 8.47. The Morgan fingerprint density at radius 2 is 2.06 bits per heavy atom. The minimum absolute atomic E-state index is 0.487. The lowest BCUT2D eigenvalue weighted by atomic mass is 10.1. The summed E-state index contributed by atoms with van der Waals surface area (Å²) >= 11 is 0. The zero-order valence-corrected chi connectivity index (χ0v) is 10.1. The third-order valence-corrected chi connectivity index (χ3v) is 4.71. The second-order valence-corrected chi connectivity index (χ2v) is 6.35. The monoisotopic (exact) mass is 239 g/mol. The van der Waals surface area contributed by atoms with Gasteiger partial charge in [0.05, 0.1) is 0 Å². The SMILES string of the molecule is O=S1CCC(n2ccnc2NC2CC2)CC1. The predicted octanol–water partition coefficient (Wildman–Crippen LogP) is 1.54. The fraction of sp³-hybridized carbons (Fsp3) is 0.727. The van der Waals surface area contributed by atoms with E-state index in [0.717, 1.165) is 30.3 Å². The van der Waals surface area contributed by atoms with Gasteiger partial charge in [-0.15, -0.1) is 0 Å². The molecule has 5 heteroatoms. The maximum atomic E-state index is 11.3. The largest absolute Gasteiger partial charge is 0.353 e. The van der Waals surface area contributed by atoms with Gasteiger partial charge in [0.25, 0.3) is 0 Å². The first kappa shape index (κ1) is 10.3. The average molecular weight is 239 g/mol. The van der Waals surface area contributed by atoms with Crippen LogP contribution in [0.3, 0.4) is 0 Å². The van der Waals surface area contributed by atoms with Gasteiger partial charge in [0.1, 0.15) is 0 Å². The second-order valence-electron chi connectivity index (χ2n) is 4.66. The van der Waals surface area contributed by atoms with E-state index in [1.54, 1.807) is 0 Å². The van der Waals surface area contributed by atoms with Gasteiger partial charge in [-0.25, -0.2) is 4.98 Å². The summed E-state index contributed by atoms with van der Waals surface area (Å²) < 4.78 is 13.6. The molecule has 4 nitrogen and oxygen atoms in total. The predicted molar refractivity (Wildman–Crippen MR) is 65.0 cm³/mol. The molecule has 1 aliphatic carbocycles. The molecule has 0 bridgehead atoms. The van der Waals surface area contributed by atoms with Crippen LogP contribution in [0.25, 0.3) is 0 Å². The van der Waals surface area contributed by atoms with Crippen LogP contribution in [0.2, 0.25) is 0 Å². The molecule has 1 N–H and O–H groups in total. The average Bonchev–Trinajstić information content (AvgIpc) is 2.97. The zero-order valence-electron chi connectivity index (χ0n) is 9.26. The van der Waals surface area contributed by atoms with Crippen LogP contribution in [0.15, 0.2) is 12.4 Å². The van der Waals surface area contributed by atoms with Gasteiger partial charge in [-0.3, -0.25) is 4.21 Å². The van der Waals surface area contributed by atoms with Gasteiger partial charge in [0.15, 0.2) is 0 Å². The molecule has 1 aromatic rings. The minimum atomic E-state index is -0.582. The molecule has 1 saturated heterocycles. The lowest BCUT2D eigenvalue weighted by molar-refractivity contribution is 0.466. The third-order valence-electron chi connectivity index (χ3n) is 3.33. The van der Waals surface area contributed by atoms with E-state index < -0.39 is 10.8 Å². The Balaban J connectivity index is 1.72. The van der Waals surface area contributed by atoms with Crippen molar-refractivity contribution < 1.29 is 4.21 Å². The summed E-state index contributed by atoms with van der Waals surface area (Å²) in [5, 5.41) is 3.45. The fourth-order valence-corrected chi connectivity index (χ4v) is 3.46. The van der Waals surface area contributed by atoms with Crippen LogP contribution in [-0.2, 0) is 10.8 Å². The van der Waals surface area contributed by atoms with Gasteiger partial charge in [-0.1, -0.05) is 0 Å². The van der Waals surface area contributed by atoms with E-state index in [9.17, 15) is 4.21 Å². The van der Waals surface area contributed by atoms with Crippen molar-refractivity contribution >= 4 is 16.7 Å². The van der Waals surface area contributed by atoms with Crippen molar-refractivity contribution in [3.63, 3.8) is 0 Å². The molecule has 1 aliphatic heterocycles. The number of imidazole rings is 1. The molecule has 88 valence electrons. The van der Waals surface area contributed by atoms with Crippen LogP contribution in [0, 0.1) is 0 Å². The first-order valence-corrected chi connectivity index (χ1v) is 7.46. The van der Waals surface area contributed by atoms with Crippen molar-refractivity contribution in [2.24, 2.45) is 0 Å². The Morgan fingerprint density at radius 1 is 1.31 bits per heavy atom. The van der Waals surface area contributed by atoms with Gasteiger partial charge < -0.3 is 9.88 Å². The van der Waals surface area contributed by atoms with Gasteiger partial charge >= 0.3 is 0 Å². The number of aromatic nitrogens is 2. The minimum Gasteiger partial charge on any atom is -0.353 e. The summed E-state index contributed by atoms with van der Waals surface area (Å²) in [5.74, 6) is 2.68. The number of anilines is 1. The van der Waals surface area contributed by atoms with Crippen LogP contribution in [0.1, 0.15) is 31.7 Å². The van der Waals surface area contributed by atoms with Crippen molar-refractivity contribution in [1.82, 2.24) is 9.55 Å². The highest BCUT2D eigenvalue weighted by Gasteiger charge is 2.25. The van der Waals surface area contributed by atoms with Crippen LogP contribution in [0.5, 0.6) is 0 Å². The van der Waals surface area contributed by atoms with Crippen LogP contribution in [0.4, 0.5) is 5.95 Å². The van der Waals surface area contributed by atoms with Crippen LogP contribution in [-0.4, -0.2) is 31.3 Å². The molecule has 2 aliphatic rings. The van der Waals surface area contributed by atoms with Gasteiger partial charge in [0.2, 0.25) is 5.95 Å². The van der Waals surface area contributed by atoms with E-state index >= 15 is 0 Å². The topological polar surface area (TPSA) is 46.9 Å². The van der Waals surface area contributed by atoms with E-state index in [1.165, 1.54) is 12.8 Å². The smallest absolute Gasteiger partial charge is 0.203 e. The maximum Gasteiger partial charge on any atom is 0.203 e. The Bertz CT molecular complexity index is 390. The molecule has 1 saturated carbocycles. The molecule has 0 aromatic carbocycles. The summed E-state index contributed by atoms with van der Waals surface area (Å²) in [6, 6.07) is 1.13. The molecule has 2 fully saturated rings. The number of hydrogen-bond donors (Lipinski definition) is 1. The lowest BCUT2D eigenvalue weighted by Crippen LogP contribution is -2.23. The van der Waals surface area contributed by atoms with E-state index in [4.69, 9.17) is 0 Å². The van der Waals surface area contributed by atoms with E-state index in [-0.39, 0.29) is 0 Å². The summed E-state index contributed by atoms with van der Waals surface area (Å²) in [5.41, 5.74) is 0. The quantitative estimate of drug-likeness (QED) is 0.870. The Morgan fingerprint density at radius 3 is 2.75 bits per heavy atom. The van der Waals surface area contributed by atoms with E-state index in [2.05, 4.69) is 14.9 Å². The van der Waals surface area contributed by atoms with Crippen molar-refractivity contribution in [3.05, 3.63) is 12.4 Å². The first-order chi connectivity index (χ1) is 7.83. The second kappa shape index (κ2) is 4.20. The molecule has 0 spiro atoms. The molecular formula is C11H17N3OS. The molecule has 0 unspecified atom stereocenters. The Labute approximate surface area is 97.9 Å². The van der Waals surface area contributed by atoms with Crippen molar-refractivity contribution in [3.8, 4) is 0 Å². The van der Waals surface area contributed by atoms with Gasteiger partial charge in [-0.2, -0.15) is 0 Å². The molecular weight excluding hydrogens is 222 g/mol. The molecule has 0 amide bonds. The Hall–Kier alpha value is -0.840. The third kappa shape index (κ3) is 2.14. The lowest BCUT2D eigenvalue weighted by Gasteiger charge is -2.24. The zero-order chi connectivity index (χ0) is 11.0. The highest BCUT2D eigenvalue weighted by atomic mass is 32.2. The highest BCUT2D eigenvalue weighted by Crippen LogP contribution is 2.28. The molecule has 3 rings (SSSR count). The summed E-state index contributed by atoms with van der Waals surface area (Å²) in [7, 11) is -0.582. The van der Waals surface area contributed by atoms with Gasteiger partial charge in [-0.05, 0) is 25.7 Å².